The van der Waals surface area contributed by atoms with Crippen molar-refractivity contribution in [1.29, 1.82) is 0 Å². The van der Waals surface area contributed by atoms with Crippen molar-refractivity contribution in [1.82, 2.24) is 4.90 Å². The van der Waals surface area contributed by atoms with E-state index in [-0.39, 0.29) is 0 Å². The molecule has 0 saturated carbocycles. The summed E-state index contributed by atoms with van der Waals surface area (Å²) >= 11 is 0. The normalized spacial score (nSPS) is 13.9. The van der Waals surface area contributed by atoms with Gasteiger partial charge in [0.05, 0.1) is 6.54 Å². The summed E-state index contributed by atoms with van der Waals surface area (Å²) in [7, 11) is 0. The molecule has 106 valence electrons. The first kappa shape index (κ1) is 16.6. The van der Waals surface area contributed by atoms with Crippen LogP contribution in [0.25, 0.3) is 0 Å². The number of halogens is 2. The van der Waals surface area contributed by atoms with E-state index >= 15 is 0 Å². The van der Waals surface area contributed by atoms with Crippen LogP contribution in [0.5, 0.6) is 0 Å². The third-order valence-corrected chi connectivity index (χ3v) is 1.90. The predicted molar refractivity (Wildman–Crippen MR) is 60.7 cm³/mol. The van der Waals surface area contributed by atoms with Crippen LogP contribution in [0.1, 0.15) is 34.6 Å². The largest absolute Gasteiger partial charge is 0.480 e. The number of hydrogen-bond donors (Lipinski definition) is 1. The third kappa shape index (κ3) is 6.36. The number of carbonyl (C=O) groups excluding carboxylic acids is 1. The van der Waals surface area contributed by atoms with E-state index in [2.05, 4.69) is 0 Å². The van der Waals surface area contributed by atoms with Gasteiger partial charge in [0.1, 0.15) is 11.6 Å². The van der Waals surface area contributed by atoms with Crippen molar-refractivity contribution in [2.45, 2.75) is 52.2 Å². The van der Waals surface area contributed by atoms with Gasteiger partial charge in [-0.2, -0.15) is 0 Å². The van der Waals surface area contributed by atoms with E-state index in [0.717, 1.165) is 6.92 Å². The van der Waals surface area contributed by atoms with Crippen molar-refractivity contribution in [3.8, 4) is 0 Å². The maximum atomic E-state index is 12.9. The molecule has 1 unspecified atom stereocenters. The summed E-state index contributed by atoms with van der Waals surface area (Å²) in [5, 5.41) is 8.80. The van der Waals surface area contributed by atoms with Gasteiger partial charge in [0, 0.05) is 6.92 Å². The van der Waals surface area contributed by atoms with Crippen LogP contribution < -0.4 is 0 Å². The first-order valence-corrected chi connectivity index (χ1v) is 5.44. The summed E-state index contributed by atoms with van der Waals surface area (Å²) in [5.74, 6) is -4.56. The summed E-state index contributed by atoms with van der Waals surface area (Å²) in [4.78, 5) is 23.0. The van der Waals surface area contributed by atoms with E-state index in [4.69, 9.17) is 9.84 Å². The zero-order chi connectivity index (χ0) is 14.7. The fourth-order valence-electron chi connectivity index (χ4n) is 1.11. The molecular weight excluding hydrogens is 248 g/mol. The van der Waals surface area contributed by atoms with Crippen LogP contribution >= 0.6 is 0 Å². The molecule has 0 aliphatic rings. The zero-order valence-electron chi connectivity index (χ0n) is 11.2. The summed E-state index contributed by atoms with van der Waals surface area (Å²) < 4.78 is 30.8. The average Bonchev–Trinajstić information content (AvgIpc) is 2.08. The second-order valence-electron chi connectivity index (χ2n) is 5.19. The molecule has 5 nitrogen and oxygen atoms in total. The SMILES string of the molecule is CC(C(=O)O)N(CC(C)(F)F)C(=O)OC(C)(C)C. The van der Waals surface area contributed by atoms with Crippen LogP contribution in [-0.4, -0.2) is 46.2 Å². The summed E-state index contributed by atoms with van der Waals surface area (Å²) in [5.41, 5.74) is -0.878. The number of aliphatic carboxylic acids is 1. The fourth-order valence-corrected chi connectivity index (χ4v) is 1.11. The molecule has 7 heteroatoms. The highest BCUT2D eigenvalue weighted by molar-refractivity contribution is 5.79. The molecular formula is C11H19F2NO4. The second kappa shape index (κ2) is 5.49. The van der Waals surface area contributed by atoms with E-state index in [9.17, 15) is 18.4 Å². The molecule has 0 aliphatic heterocycles. The van der Waals surface area contributed by atoms with Crippen molar-refractivity contribution in [2.75, 3.05) is 6.54 Å². The van der Waals surface area contributed by atoms with E-state index in [1.165, 1.54) is 0 Å². The molecule has 0 aromatic heterocycles. The van der Waals surface area contributed by atoms with E-state index in [0.29, 0.717) is 11.8 Å². The van der Waals surface area contributed by atoms with Crippen LogP contribution in [-0.2, 0) is 9.53 Å². The molecule has 1 atom stereocenters. The van der Waals surface area contributed by atoms with Crippen LogP contribution in [0.15, 0.2) is 0 Å². The van der Waals surface area contributed by atoms with E-state index in [1.807, 2.05) is 0 Å². The first-order valence-electron chi connectivity index (χ1n) is 5.44. The van der Waals surface area contributed by atoms with Gasteiger partial charge in [-0.05, 0) is 27.7 Å². The molecule has 0 radical (unpaired) electrons. The van der Waals surface area contributed by atoms with Crippen LogP contribution in [0.3, 0.4) is 0 Å². The van der Waals surface area contributed by atoms with Gasteiger partial charge in [-0.25, -0.2) is 18.4 Å². The number of carboxylic acids is 1. The minimum Gasteiger partial charge on any atom is -0.480 e. The summed E-state index contributed by atoms with van der Waals surface area (Å²) in [6, 6.07) is -1.38. The van der Waals surface area contributed by atoms with Gasteiger partial charge in [0.15, 0.2) is 0 Å². The predicted octanol–water partition coefficient (Wildman–Crippen LogP) is 2.35. The lowest BCUT2D eigenvalue weighted by atomic mass is 10.2. The molecule has 1 amide bonds. The van der Waals surface area contributed by atoms with Crippen LogP contribution in [0.2, 0.25) is 0 Å². The molecule has 0 spiro atoms. The number of ether oxygens (including phenoxy) is 1. The van der Waals surface area contributed by atoms with Crippen molar-refractivity contribution in [3.63, 3.8) is 0 Å². The number of rotatable bonds is 4. The Bertz CT molecular complexity index is 320. The van der Waals surface area contributed by atoms with Gasteiger partial charge < -0.3 is 9.84 Å². The molecule has 0 bridgehead atoms. The van der Waals surface area contributed by atoms with E-state index in [1.54, 1.807) is 20.8 Å². The number of amides is 1. The minimum absolute atomic E-state index is 0.508. The Hall–Kier alpha value is -1.40. The van der Waals surface area contributed by atoms with Gasteiger partial charge in [-0.1, -0.05) is 0 Å². The highest BCUT2D eigenvalue weighted by Gasteiger charge is 2.36. The lowest BCUT2D eigenvalue weighted by molar-refractivity contribution is -0.144. The first-order chi connectivity index (χ1) is 7.83. The molecule has 0 saturated heterocycles. The van der Waals surface area contributed by atoms with Crippen LogP contribution in [0, 0.1) is 0 Å². The summed E-state index contributed by atoms with van der Waals surface area (Å²) in [6.07, 6.45) is -1.07. The second-order valence-corrected chi connectivity index (χ2v) is 5.19. The fraction of sp³-hybridized carbons (Fsp3) is 0.818. The number of carboxylic acid groups (broad SMARTS) is 1. The Morgan fingerprint density at radius 3 is 2.00 bits per heavy atom. The molecule has 0 aromatic rings. The number of nitrogens with zero attached hydrogens (tertiary/aromatic N) is 1. The maximum Gasteiger partial charge on any atom is 0.411 e. The standard InChI is InChI=1S/C11H19F2NO4/c1-7(8(15)16)14(6-11(5,12)13)9(17)18-10(2,3)4/h7H,6H2,1-5H3,(H,15,16). The van der Waals surface area contributed by atoms with Gasteiger partial charge >= 0.3 is 12.1 Å². The van der Waals surface area contributed by atoms with Crippen molar-refractivity contribution < 1.29 is 28.2 Å². The van der Waals surface area contributed by atoms with Gasteiger partial charge in [-0.3, -0.25) is 4.90 Å². The Labute approximate surface area is 105 Å². The lowest BCUT2D eigenvalue weighted by Crippen LogP contribution is -2.49. The summed E-state index contributed by atoms with van der Waals surface area (Å²) in [6.45, 7) is 5.46. The lowest BCUT2D eigenvalue weighted by Gasteiger charge is -2.31. The number of alkyl halides is 2. The minimum atomic E-state index is -3.19. The Morgan fingerprint density at radius 2 is 1.72 bits per heavy atom. The third-order valence-electron chi connectivity index (χ3n) is 1.90. The molecule has 0 aromatic carbocycles. The molecule has 1 N–H and O–H groups in total. The topological polar surface area (TPSA) is 66.8 Å². The molecule has 18 heavy (non-hydrogen) atoms. The Morgan fingerprint density at radius 1 is 1.28 bits per heavy atom. The van der Waals surface area contributed by atoms with Crippen molar-refractivity contribution >= 4 is 12.1 Å². The highest BCUT2D eigenvalue weighted by Crippen LogP contribution is 2.19. The maximum absolute atomic E-state index is 12.9. The molecule has 0 aliphatic carbocycles. The molecule has 0 heterocycles. The number of hydrogen-bond acceptors (Lipinski definition) is 3. The zero-order valence-corrected chi connectivity index (χ0v) is 11.2. The molecule has 0 fully saturated rings. The van der Waals surface area contributed by atoms with Crippen molar-refractivity contribution in [3.05, 3.63) is 0 Å². The van der Waals surface area contributed by atoms with Gasteiger partial charge in [0.25, 0.3) is 5.92 Å². The molecule has 0 rings (SSSR count). The monoisotopic (exact) mass is 267 g/mol. The quantitative estimate of drug-likeness (QED) is 0.849. The average molecular weight is 267 g/mol. The Balaban J connectivity index is 4.98. The smallest absolute Gasteiger partial charge is 0.411 e. The Kier molecular flexibility index (Phi) is 5.07. The van der Waals surface area contributed by atoms with Crippen molar-refractivity contribution in [2.24, 2.45) is 0 Å². The van der Waals surface area contributed by atoms with E-state index < -0.39 is 36.2 Å². The van der Waals surface area contributed by atoms with Gasteiger partial charge in [0.2, 0.25) is 0 Å². The van der Waals surface area contributed by atoms with Crippen LogP contribution in [0.4, 0.5) is 13.6 Å². The van der Waals surface area contributed by atoms with Gasteiger partial charge in [-0.15, -0.1) is 0 Å². The number of carbonyl (C=O) groups is 2. The highest BCUT2D eigenvalue weighted by atomic mass is 19.3.